The SMILES string of the molecule is Cc1ccc(S(=O)(=O)Nc2ccc(C(=O)Nc3ccc(S(=O)(=O)Nc4ccc(F)cc4)cc3)cc2C)cc1. The predicted molar refractivity (Wildman–Crippen MR) is 145 cm³/mol. The fourth-order valence-electron chi connectivity index (χ4n) is 3.49. The van der Waals surface area contributed by atoms with Gasteiger partial charge in [-0.2, -0.15) is 0 Å². The lowest BCUT2D eigenvalue weighted by Gasteiger charge is -2.13. The maximum absolute atomic E-state index is 13.1. The highest BCUT2D eigenvalue weighted by atomic mass is 32.2. The maximum Gasteiger partial charge on any atom is 0.261 e. The van der Waals surface area contributed by atoms with Crippen LogP contribution in [-0.2, 0) is 20.0 Å². The molecule has 0 aromatic heterocycles. The first-order valence-electron chi connectivity index (χ1n) is 11.3. The molecule has 11 heteroatoms. The van der Waals surface area contributed by atoms with Crippen LogP contribution in [0.4, 0.5) is 21.5 Å². The summed E-state index contributed by atoms with van der Waals surface area (Å²) in [6.07, 6.45) is 0. The Labute approximate surface area is 220 Å². The van der Waals surface area contributed by atoms with Gasteiger partial charge >= 0.3 is 0 Å². The van der Waals surface area contributed by atoms with Gasteiger partial charge < -0.3 is 5.32 Å². The first kappa shape index (κ1) is 26.8. The average molecular weight is 554 g/mol. The molecule has 0 fully saturated rings. The molecule has 196 valence electrons. The van der Waals surface area contributed by atoms with Crippen LogP contribution in [0.25, 0.3) is 0 Å². The molecule has 0 aliphatic heterocycles. The van der Waals surface area contributed by atoms with Gasteiger partial charge in [-0.1, -0.05) is 17.7 Å². The van der Waals surface area contributed by atoms with Crippen LogP contribution in [0.1, 0.15) is 21.5 Å². The molecule has 4 aromatic rings. The van der Waals surface area contributed by atoms with Gasteiger partial charge in [0, 0.05) is 16.9 Å². The summed E-state index contributed by atoms with van der Waals surface area (Å²) in [6.45, 7) is 3.54. The first-order chi connectivity index (χ1) is 17.9. The summed E-state index contributed by atoms with van der Waals surface area (Å²) < 4.78 is 68.5. The summed E-state index contributed by atoms with van der Waals surface area (Å²) in [6, 6.07) is 21.4. The zero-order chi connectivity index (χ0) is 27.5. The van der Waals surface area contributed by atoms with Crippen molar-refractivity contribution in [2.24, 2.45) is 0 Å². The van der Waals surface area contributed by atoms with Crippen molar-refractivity contribution in [2.75, 3.05) is 14.8 Å². The van der Waals surface area contributed by atoms with Crippen molar-refractivity contribution in [1.29, 1.82) is 0 Å². The van der Waals surface area contributed by atoms with Crippen LogP contribution in [0.5, 0.6) is 0 Å². The monoisotopic (exact) mass is 553 g/mol. The number of carbonyl (C=O) groups excluding carboxylic acids is 1. The summed E-state index contributed by atoms with van der Waals surface area (Å²) in [5.41, 5.74) is 2.68. The largest absolute Gasteiger partial charge is 0.322 e. The van der Waals surface area contributed by atoms with Crippen LogP contribution in [0.15, 0.2) is 101 Å². The minimum atomic E-state index is -3.91. The average Bonchev–Trinajstić information content (AvgIpc) is 2.87. The lowest BCUT2D eigenvalue weighted by Crippen LogP contribution is -2.16. The molecule has 3 N–H and O–H groups in total. The molecule has 0 bridgehead atoms. The van der Waals surface area contributed by atoms with Crippen molar-refractivity contribution in [3.8, 4) is 0 Å². The van der Waals surface area contributed by atoms with E-state index < -0.39 is 31.8 Å². The Morgan fingerprint density at radius 3 is 1.76 bits per heavy atom. The molecule has 4 rings (SSSR count). The zero-order valence-corrected chi connectivity index (χ0v) is 22.0. The molecule has 0 saturated carbocycles. The third-order valence-electron chi connectivity index (χ3n) is 5.58. The van der Waals surface area contributed by atoms with Gasteiger partial charge in [-0.05, 0) is 98.3 Å². The molecule has 0 heterocycles. The number of sulfonamides is 2. The number of anilines is 3. The highest BCUT2D eigenvalue weighted by Gasteiger charge is 2.17. The molecule has 0 unspecified atom stereocenters. The van der Waals surface area contributed by atoms with E-state index in [9.17, 15) is 26.0 Å². The van der Waals surface area contributed by atoms with Crippen molar-refractivity contribution in [1.82, 2.24) is 0 Å². The van der Waals surface area contributed by atoms with Crippen LogP contribution in [0.3, 0.4) is 0 Å². The molecule has 0 saturated heterocycles. The summed E-state index contributed by atoms with van der Waals surface area (Å²) in [5, 5.41) is 2.68. The van der Waals surface area contributed by atoms with E-state index in [1.165, 1.54) is 60.7 Å². The van der Waals surface area contributed by atoms with Crippen molar-refractivity contribution in [3.63, 3.8) is 0 Å². The minimum absolute atomic E-state index is 0.0409. The van der Waals surface area contributed by atoms with Gasteiger partial charge in [-0.25, -0.2) is 21.2 Å². The molecular formula is C27H24FN3O5S2. The van der Waals surface area contributed by atoms with Crippen LogP contribution >= 0.6 is 0 Å². The Hall–Kier alpha value is -4.22. The normalized spacial score (nSPS) is 11.6. The van der Waals surface area contributed by atoms with E-state index >= 15 is 0 Å². The Morgan fingerprint density at radius 1 is 0.658 bits per heavy atom. The van der Waals surface area contributed by atoms with Crippen molar-refractivity contribution in [3.05, 3.63) is 114 Å². The van der Waals surface area contributed by atoms with E-state index in [-0.39, 0.29) is 21.0 Å². The van der Waals surface area contributed by atoms with Gasteiger partial charge in [0.1, 0.15) is 5.82 Å². The van der Waals surface area contributed by atoms with Gasteiger partial charge in [0.15, 0.2) is 0 Å². The number of nitrogens with one attached hydrogen (secondary N) is 3. The molecule has 0 radical (unpaired) electrons. The molecule has 0 atom stereocenters. The van der Waals surface area contributed by atoms with E-state index in [1.807, 2.05) is 6.92 Å². The fourth-order valence-corrected chi connectivity index (χ4v) is 5.68. The van der Waals surface area contributed by atoms with Crippen LogP contribution < -0.4 is 14.8 Å². The van der Waals surface area contributed by atoms with Crippen LogP contribution in [0, 0.1) is 19.7 Å². The number of halogens is 1. The second-order valence-corrected chi connectivity index (χ2v) is 11.9. The van der Waals surface area contributed by atoms with Gasteiger partial charge in [0.05, 0.1) is 15.5 Å². The topological polar surface area (TPSA) is 121 Å². The summed E-state index contributed by atoms with van der Waals surface area (Å²) >= 11 is 0. The van der Waals surface area contributed by atoms with E-state index in [1.54, 1.807) is 25.1 Å². The molecule has 8 nitrogen and oxygen atoms in total. The molecule has 38 heavy (non-hydrogen) atoms. The van der Waals surface area contributed by atoms with Crippen LogP contribution in [0.2, 0.25) is 0 Å². The number of benzene rings is 4. The van der Waals surface area contributed by atoms with Gasteiger partial charge in [0.2, 0.25) is 0 Å². The van der Waals surface area contributed by atoms with E-state index in [4.69, 9.17) is 0 Å². The van der Waals surface area contributed by atoms with Gasteiger partial charge in [-0.3, -0.25) is 14.2 Å². The Kier molecular flexibility index (Phi) is 7.51. The van der Waals surface area contributed by atoms with Crippen LogP contribution in [-0.4, -0.2) is 22.7 Å². The molecule has 0 spiro atoms. The molecule has 4 aromatic carbocycles. The standard InChI is InChI=1S/C27H24FN3O5S2/c1-18-3-12-24(13-4-18)38(35,36)31-26-16-5-20(17-19(26)2)27(32)29-22-10-14-25(15-11-22)37(33,34)30-23-8-6-21(28)7-9-23/h3-17,30-31H,1-2H3,(H,29,32). The van der Waals surface area contributed by atoms with Crippen molar-refractivity contribution in [2.45, 2.75) is 23.6 Å². The highest BCUT2D eigenvalue weighted by Crippen LogP contribution is 2.23. The number of hydrogen-bond acceptors (Lipinski definition) is 5. The Balaban J connectivity index is 1.43. The smallest absolute Gasteiger partial charge is 0.261 e. The molecular weight excluding hydrogens is 529 g/mol. The number of rotatable bonds is 8. The molecule has 1 amide bonds. The third-order valence-corrected chi connectivity index (χ3v) is 8.36. The Bertz CT molecular complexity index is 1690. The first-order valence-corrected chi connectivity index (χ1v) is 14.3. The second-order valence-electron chi connectivity index (χ2n) is 8.54. The lowest BCUT2D eigenvalue weighted by molar-refractivity contribution is 0.102. The molecule has 0 aliphatic carbocycles. The summed E-state index contributed by atoms with van der Waals surface area (Å²) in [4.78, 5) is 12.8. The third kappa shape index (κ3) is 6.36. The minimum Gasteiger partial charge on any atom is -0.322 e. The van der Waals surface area contributed by atoms with E-state index in [0.717, 1.165) is 17.7 Å². The van der Waals surface area contributed by atoms with Crippen molar-refractivity contribution < 1.29 is 26.0 Å². The summed E-state index contributed by atoms with van der Waals surface area (Å²) in [5.74, 6) is -0.942. The maximum atomic E-state index is 13.1. The number of carbonyl (C=O) groups is 1. The second kappa shape index (κ2) is 10.6. The lowest BCUT2D eigenvalue weighted by atomic mass is 10.1. The number of amides is 1. The number of hydrogen-bond donors (Lipinski definition) is 3. The van der Waals surface area contributed by atoms with E-state index in [2.05, 4.69) is 14.8 Å². The van der Waals surface area contributed by atoms with Crippen molar-refractivity contribution >= 4 is 43.0 Å². The fraction of sp³-hybridized carbons (Fsp3) is 0.0741. The predicted octanol–water partition coefficient (Wildman–Crippen LogP) is 5.30. The summed E-state index contributed by atoms with van der Waals surface area (Å²) in [7, 11) is -7.71. The number of aryl methyl sites for hydroxylation is 2. The Morgan fingerprint density at radius 2 is 1.18 bits per heavy atom. The molecule has 0 aliphatic rings. The van der Waals surface area contributed by atoms with Gasteiger partial charge in [0.25, 0.3) is 26.0 Å². The van der Waals surface area contributed by atoms with E-state index in [0.29, 0.717) is 16.9 Å². The quantitative estimate of drug-likeness (QED) is 0.274. The van der Waals surface area contributed by atoms with Gasteiger partial charge in [-0.15, -0.1) is 0 Å². The highest BCUT2D eigenvalue weighted by molar-refractivity contribution is 7.93. The zero-order valence-electron chi connectivity index (χ0n) is 20.4.